The summed E-state index contributed by atoms with van der Waals surface area (Å²) in [5.41, 5.74) is 1.23. The summed E-state index contributed by atoms with van der Waals surface area (Å²) < 4.78 is 0. The third kappa shape index (κ3) is 1.25. The summed E-state index contributed by atoms with van der Waals surface area (Å²) in [6.45, 7) is 1.07. The molecule has 1 aliphatic carbocycles. The van der Waals surface area contributed by atoms with Crippen molar-refractivity contribution in [3.8, 4) is 0 Å². The van der Waals surface area contributed by atoms with Gasteiger partial charge in [0.2, 0.25) is 0 Å². The smallest absolute Gasteiger partial charge is 0.113 e. The Morgan fingerprint density at radius 3 is 3.36 bits per heavy atom. The number of hydrogen-bond acceptors (Lipinski definition) is 2. The first-order valence-electron chi connectivity index (χ1n) is 4.21. The average Bonchev–Trinajstić information content (AvgIpc) is 2.04. The van der Waals surface area contributed by atoms with Crippen LogP contribution in [-0.2, 0) is 0 Å². The SMILES string of the molecule is OC1=CCC2CCCNC2=C1. The highest BCUT2D eigenvalue weighted by Crippen LogP contribution is 2.27. The van der Waals surface area contributed by atoms with Crippen molar-refractivity contribution >= 4 is 0 Å². The van der Waals surface area contributed by atoms with E-state index in [4.69, 9.17) is 0 Å². The first-order valence-corrected chi connectivity index (χ1v) is 4.21. The molecule has 0 aromatic carbocycles. The lowest BCUT2D eigenvalue weighted by atomic mass is 9.89. The molecule has 0 radical (unpaired) electrons. The van der Waals surface area contributed by atoms with Gasteiger partial charge in [-0.3, -0.25) is 0 Å². The summed E-state index contributed by atoms with van der Waals surface area (Å²) in [6.07, 6.45) is 7.29. The fraction of sp³-hybridized carbons (Fsp3) is 0.556. The Hall–Kier alpha value is -0.920. The van der Waals surface area contributed by atoms with Gasteiger partial charge < -0.3 is 10.4 Å². The molecular formula is C9H13NO. The van der Waals surface area contributed by atoms with E-state index in [2.05, 4.69) is 5.32 Å². The van der Waals surface area contributed by atoms with E-state index in [-0.39, 0.29) is 0 Å². The standard InChI is InChI=1S/C9H13NO/c11-8-4-3-7-2-1-5-10-9(7)6-8/h4,6-7,10-11H,1-3,5H2. The fourth-order valence-corrected chi connectivity index (χ4v) is 1.78. The van der Waals surface area contributed by atoms with Gasteiger partial charge in [-0.2, -0.15) is 0 Å². The van der Waals surface area contributed by atoms with E-state index in [0.717, 1.165) is 13.0 Å². The van der Waals surface area contributed by atoms with Gasteiger partial charge in [-0.1, -0.05) is 0 Å². The molecule has 0 aromatic rings. The van der Waals surface area contributed by atoms with Gasteiger partial charge in [0.05, 0.1) is 0 Å². The number of nitrogens with one attached hydrogen (secondary N) is 1. The molecule has 0 bridgehead atoms. The van der Waals surface area contributed by atoms with E-state index < -0.39 is 0 Å². The Bertz CT molecular complexity index is 218. The molecule has 1 unspecified atom stereocenters. The Morgan fingerprint density at radius 1 is 1.55 bits per heavy atom. The zero-order chi connectivity index (χ0) is 7.68. The van der Waals surface area contributed by atoms with Crippen molar-refractivity contribution in [1.29, 1.82) is 0 Å². The lowest BCUT2D eigenvalue weighted by molar-refractivity contribution is 0.390. The predicted octanol–water partition coefficient (Wildman–Crippen LogP) is 1.72. The molecule has 0 amide bonds. The largest absolute Gasteiger partial charge is 0.508 e. The fourth-order valence-electron chi connectivity index (χ4n) is 1.78. The highest BCUT2D eigenvalue weighted by atomic mass is 16.3. The number of hydrogen-bond donors (Lipinski definition) is 2. The number of aliphatic hydroxyl groups is 1. The van der Waals surface area contributed by atoms with Gasteiger partial charge in [0, 0.05) is 18.2 Å². The van der Waals surface area contributed by atoms with Gasteiger partial charge in [0.25, 0.3) is 0 Å². The third-order valence-electron chi connectivity index (χ3n) is 2.41. The van der Waals surface area contributed by atoms with Crippen LogP contribution >= 0.6 is 0 Å². The van der Waals surface area contributed by atoms with E-state index in [0.29, 0.717) is 11.7 Å². The molecule has 60 valence electrons. The normalized spacial score (nSPS) is 29.6. The molecule has 2 rings (SSSR count). The summed E-state index contributed by atoms with van der Waals surface area (Å²) in [4.78, 5) is 0. The highest BCUT2D eigenvalue weighted by molar-refractivity contribution is 5.24. The molecule has 0 spiro atoms. The first kappa shape index (κ1) is 6.77. The lowest BCUT2D eigenvalue weighted by Crippen LogP contribution is -2.28. The Balaban J connectivity index is 2.17. The average molecular weight is 151 g/mol. The van der Waals surface area contributed by atoms with Crippen LogP contribution in [0.5, 0.6) is 0 Å². The van der Waals surface area contributed by atoms with Crippen LogP contribution in [0.2, 0.25) is 0 Å². The summed E-state index contributed by atoms with van der Waals surface area (Å²) in [7, 11) is 0. The summed E-state index contributed by atoms with van der Waals surface area (Å²) in [5.74, 6) is 1.07. The van der Waals surface area contributed by atoms with Gasteiger partial charge in [0.1, 0.15) is 5.76 Å². The Kier molecular flexibility index (Phi) is 1.60. The van der Waals surface area contributed by atoms with Gasteiger partial charge in [-0.05, 0) is 31.4 Å². The van der Waals surface area contributed by atoms with E-state index >= 15 is 0 Å². The minimum Gasteiger partial charge on any atom is -0.508 e. The van der Waals surface area contributed by atoms with Crippen LogP contribution in [-0.4, -0.2) is 11.7 Å². The Labute approximate surface area is 66.6 Å². The van der Waals surface area contributed by atoms with Crippen LogP contribution in [0, 0.1) is 5.92 Å². The molecule has 1 aliphatic heterocycles. The first-order chi connectivity index (χ1) is 5.36. The molecule has 1 heterocycles. The maximum Gasteiger partial charge on any atom is 0.113 e. The van der Waals surface area contributed by atoms with Crippen LogP contribution in [0.1, 0.15) is 19.3 Å². The van der Waals surface area contributed by atoms with Gasteiger partial charge in [-0.25, -0.2) is 0 Å². The third-order valence-corrected chi connectivity index (χ3v) is 2.41. The zero-order valence-electron chi connectivity index (χ0n) is 6.51. The maximum absolute atomic E-state index is 9.19. The maximum atomic E-state index is 9.19. The summed E-state index contributed by atoms with van der Waals surface area (Å²) in [6, 6.07) is 0. The Morgan fingerprint density at radius 2 is 2.45 bits per heavy atom. The molecular weight excluding hydrogens is 138 g/mol. The molecule has 0 aromatic heterocycles. The van der Waals surface area contributed by atoms with Crippen molar-refractivity contribution in [2.75, 3.05) is 6.54 Å². The van der Waals surface area contributed by atoms with Gasteiger partial charge in [-0.15, -0.1) is 0 Å². The molecule has 0 saturated carbocycles. The van der Waals surface area contributed by atoms with Crippen molar-refractivity contribution in [2.45, 2.75) is 19.3 Å². The van der Waals surface area contributed by atoms with Gasteiger partial charge in [0.15, 0.2) is 0 Å². The molecule has 2 heteroatoms. The van der Waals surface area contributed by atoms with E-state index in [1.165, 1.54) is 18.5 Å². The van der Waals surface area contributed by atoms with E-state index in [9.17, 15) is 5.11 Å². The molecule has 1 saturated heterocycles. The van der Waals surface area contributed by atoms with Crippen molar-refractivity contribution in [3.05, 3.63) is 23.6 Å². The van der Waals surface area contributed by atoms with Crippen molar-refractivity contribution in [2.24, 2.45) is 5.92 Å². The highest BCUT2D eigenvalue weighted by Gasteiger charge is 2.20. The molecule has 11 heavy (non-hydrogen) atoms. The van der Waals surface area contributed by atoms with Gasteiger partial charge >= 0.3 is 0 Å². The monoisotopic (exact) mass is 151 g/mol. The van der Waals surface area contributed by atoms with Crippen molar-refractivity contribution in [3.63, 3.8) is 0 Å². The molecule has 1 fully saturated rings. The topological polar surface area (TPSA) is 32.3 Å². The quantitative estimate of drug-likeness (QED) is 0.552. The van der Waals surface area contributed by atoms with E-state index in [1.807, 2.05) is 12.2 Å². The minimum atomic E-state index is 0.422. The van der Waals surface area contributed by atoms with Crippen LogP contribution in [0.3, 0.4) is 0 Å². The summed E-state index contributed by atoms with van der Waals surface area (Å²) >= 11 is 0. The molecule has 2 aliphatic rings. The molecule has 2 nitrogen and oxygen atoms in total. The van der Waals surface area contributed by atoms with Crippen LogP contribution in [0.4, 0.5) is 0 Å². The van der Waals surface area contributed by atoms with E-state index in [1.54, 1.807) is 0 Å². The second-order valence-corrected chi connectivity index (χ2v) is 3.23. The number of allylic oxidation sites excluding steroid dienone is 3. The number of rotatable bonds is 0. The zero-order valence-corrected chi connectivity index (χ0v) is 6.51. The second kappa shape index (κ2) is 2.61. The summed E-state index contributed by atoms with van der Waals surface area (Å²) in [5, 5.41) is 12.5. The number of piperidine rings is 1. The predicted molar refractivity (Wildman–Crippen MR) is 44.1 cm³/mol. The molecule has 1 atom stereocenters. The second-order valence-electron chi connectivity index (χ2n) is 3.23. The van der Waals surface area contributed by atoms with Crippen LogP contribution in [0.25, 0.3) is 0 Å². The number of aliphatic hydroxyl groups excluding tert-OH is 1. The van der Waals surface area contributed by atoms with Crippen LogP contribution < -0.4 is 5.32 Å². The van der Waals surface area contributed by atoms with Crippen molar-refractivity contribution < 1.29 is 5.11 Å². The minimum absolute atomic E-state index is 0.422. The lowest BCUT2D eigenvalue weighted by Gasteiger charge is -2.28. The van der Waals surface area contributed by atoms with Crippen molar-refractivity contribution in [1.82, 2.24) is 5.32 Å². The van der Waals surface area contributed by atoms with Crippen LogP contribution in [0.15, 0.2) is 23.6 Å². The number of fused-ring (bicyclic) bond motifs is 1. The molecule has 2 N–H and O–H groups in total.